The van der Waals surface area contributed by atoms with Crippen LogP contribution in [0.5, 0.6) is 5.75 Å². The molecule has 25 heavy (non-hydrogen) atoms. The molecule has 1 unspecified atom stereocenters. The number of methoxy groups -OCH3 is 1. The Bertz CT molecular complexity index is 830. The molecule has 1 fully saturated rings. The van der Waals surface area contributed by atoms with Crippen LogP contribution in [0.3, 0.4) is 0 Å². The smallest absolute Gasteiger partial charge is 0.255 e. The fourth-order valence-electron chi connectivity index (χ4n) is 3.02. The fraction of sp³-hybridized carbons (Fsp3) is 0.588. The third-order valence-corrected chi connectivity index (χ3v) is 6.19. The van der Waals surface area contributed by atoms with Gasteiger partial charge >= 0.3 is 0 Å². The lowest BCUT2D eigenvalue weighted by Gasteiger charge is -2.23. The molecule has 1 atom stereocenters. The Labute approximate surface area is 152 Å². The molecule has 8 heteroatoms. The van der Waals surface area contributed by atoms with Crippen molar-refractivity contribution < 1.29 is 20.7 Å². The zero-order valence-corrected chi connectivity index (χ0v) is 15.7. The van der Waals surface area contributed by atoms with Gasteiger partial charge in [0, 0.05) is 18.6 Å². The normalized spacial score (nSPS) is 19.4. The van der Waals surface area contributed by atoms with E-state index in [0.717, 1.165) is 25.9 Å². The van der Waals surface area contributed by atoms with Crippen LogP contribution in [0.4, 0.5) is 5.69 Å². The van der Waals surface area contributed by atoms with Crippen molar-refractivity contribution in [2.45, 2.75) is 37.6 Å². The van der Waals surface area contributed by atoms with E-state index >= 15 is 0 Å². The second-order valence-electron chi connectivity index (χ2n) is 5.94. The number of nitrogen functional groups attached to an aromatic ring is 1. The van der Waals surface area contributed by atoms with Gasteiger partial charge in [-0.05, 0) is 32.0 Å². The van der Waals surface area contributed by atoms with E-state index in [1.165, 1.54) is 14.0 Å². The lowest BCUT2D eigenvalue weighted by atomic mass is 10.1. The van der Waals surface area contributed by atoms with Crippen LogP contribution >= 0.6 is 0 Å². The molecule has 1 aromatic carbocycles. The van der Waals surface area contributed by atoms with Crippen molar-refractivity contribution in [2.24, 2.45) is 0 Å². The van der Waals surface area contributed by atoms with Gasteiger partial charge in [-0.3, -0.25) is 9.69 Å². The summed E-state index contributed by atoms with van der Waals surface area (Å²) in [5, 5.41) is 2.76. The first kappa shape index (κ1) is 16.7. The number of anilines is 1. The minimum atomic E-state index is -3.88. The van der Waals surface area contributed by atoms with Gasteiger partial charge in [0.2, 0.25) is 0 Å². The average Bonchev–Trinajstić information content (AvgIpc) is 3.09. The first-order chi connectivity index (χ1) is 12.7. The highest BCUT2D eigenvalue weighted by molar-refractivity contribution is 7.91. The molecular formula is C17H27N3O4S. The van der Waals surface area contributed by atoms with Crippen molar-refractivity contribution in [1.82, 2.24) is 10.2 Å². The molecule has 0 bridgehead atoms. The Morgan fingerprint density at radius 1 is 1.48 bits per heavy atom. The van der Waals surface area contributed by atoms with Crippen LogP contribution in [0.25, 0.3) is 0 Å². The fourth-order valence-corrected chi connectivity index (χ4v) is 3.96. The number of sulfone groups is 1. The molecule has 1 heterocycles. The first-order valence-corrected chi connectivity index (χ1v) is 10.1. The van der Waals surface area contributed by atoms with E-state index < -0.39 is 32.7 Å². The number of rotatable bonds is 7. The molecule has 0 radical (unpaired) electrons. The number of nitrogens with two attached hydrogens (primary N) is 1. The van der Waals surface area contributed by atoms with Gasteiger partial charge in [0.05, 0.1) is 31.8 Å². The van der Waals surface area contributed by atoms with Crippen molar-refractivity contribution >= 4 is 21.4 Å². The highest BCUT2D eigenvalue weighted by atomic mass is 32.2. The molecule has 1 aliphatic heterocycles. The van der Waals surface area contributed by atoms with E-state index in [-0.39, 0.29) is 28.8 Å². The highest BCUT2D eigenvalue weighted by Crippen LogP contribution is 2.29. The van der Waals surface area contributed by atoms with Gasteiger partial charge < -0.3 is 15.8 Å². The number of ether oxygens (including phenoxy) is 1. The van der Waals surface area contributed by atoms with Crippen molar-refractivity contribution in [3.05, 3.63) is 17.6 Å². The van der Waals surface area contributed by atoms with Crippen molar-refractivity contribution in [3.63, 3.8) is 0 Å². The van der Waals surface area contributed by atoms with E-state index in [0.29, 0.717) is 6.54 Å². The highest BCUT2D eigenvalue weighted by Gasteiger charge is 2.25. The van der Waals surface area contributed by atoms with Crippen LogP contribution in [0.1, 0.15) is 39.8 Å². The molecule has 0 spiro atoms. The van der Waals surface area contributed by atoms with E-state index in [9.17, 15) is 13.2 Å². The summed E-state index contributed by atoms with van der Waals surface area (Å²) in [4.78, 5) is 14.5. The maximum atomic E-state index is 12.8. The van der Waals surface area contributed by atoms with Crippen LogP contribution < -0.4 is 15.8 Å². The summed E-state index contributed by atoms with van der Waals surface area (Å²) in [6, 6.07) is -0.734. The minimum absolute atomic E-state index is 0.191. The zero-order valence-electron chi connectivity index (χ0n) is 16.9. The predicted octanol–water partition coefficient (Wildman–Crippen LogP) is 1.29. The number of hydrogen-bond donors (Lipinski definition) is 2. The van der Waals surface area contributed by atoms with E-state index in [1.54, 1.807) is 0 Å². The monoisotopic (exact) mass is 371 g/mol. The van der Waals surface area contributed by atoms with Gasteiger partial charge in [0.25, 0.3) is 5.91 Å². The third kappa shape index (κ3) is 4.24. The molecule has 1 aromatic rings. The van der Waals surface area contributed by atoms with Gasteiger partial charge in [0.15, 0.2) is 9.84 Å². The molecule has 1 amide bonds. The van der Waals surface area contributed by atoms with Gasteiger partial charge in [-0.2, -0.15) is 0 Å². The Kier molecular flexibility index (Phi) is 5.37. The van der Waals surface area contributed by atoms with Crippen LogP contribution in [0, 0.1) is 0 Å². The first-order valence-electron chi connectivity index (χ1n) is 9.41. The minimum Gasteiger partial charge on any atom is -0.496 e. The number of nitrogens with zero attached hydrogens (tertiary/aromatic N) is 1. The number of likely N-dealkylation sites (N-methyl/N-ethyl adjacent to an activating group) is 1. The Morgan fingerprint density at radius 2 is 2.20 bits per heavy atom. The van der Waals surface area contributed by atoms with Crippen molar-refractivity contribution in [2.75, 3.05) is 38.2 Å². The maximum Gasteiger partial charge on any atom is 0.255 e. The number of likely N-dealkylation sites (tertiary alicyclic amines) is 1. The average molecular weight is 371 g/mol. The summed E-state index contributed by atoms with van der Waals surface area (Å²) in [5.41, 5.74) is 5.15. The predicted molar refractivity (Wildman–Crippen MR) is 97.7 cm³/mol. The topological polar surface area (TPSA) is 102 Å². The number of hydrogen-bond acceptors (Lipinski definition) is 6. The summed E-state index contributed by atoms with van der Waals surface area (Å²) in [6.45, 7) is 5.70. The lowest BCUT2D eigenvalue weighted by Crippen LogP contribution is -2.40. The maximum absolute atomic E-state index is 12.8. The largest absolute Gasteiger partial charge is 0.496 e. The molecule has 0 aliphatic carbocycles. The summed E-state index contributed by atoms with van der Waals surface area (Å²) in [6.07, 6.45) is 2.01. The molecule has 1 saturated heterocycles. The molecule has 2 rings (SSSR count). The number of benzene rings is 1. The Hall–Kier alpha value is -1.80. The standard InChI is InChI=1S/C17H27N3O4S/c1-4-20-8-6-7-12(20)11-19-17(21)13-9-16(25(22,23)5-2)14(18)10-15(13)24-3/h9-10,12H,4-8,11,18H2,1-3H3,(H,19,21)/i9D,10D. The molecular weight excluding hydrogens is 342 g/mol. The molecule has 0 aromatic heterocycles. The summed E-state index contributed by atoms with van der Waals surface area (Å²) >= 11 is 0. The summed E-state index contributed by atoms with van der Waals surface area (Å²) < 4.78 is 46.2. The van der Waals surface area contributed by atoms with E-state index in [2.05, 4.69) is 17.1 Å². The van der Waals surface area contributed by atoms with E-state index in [1.807, 2.05) is 0 Å². The number of carbonyl (C=O) groups is 1. The van der Waals surface area contributed by atoms with E-state index in [4.69, 9.17) is 13.2 Å². The second-order valence-corrected chi connectivity index (χ2v) is 8.15. The lowest BCUT2D eigenvalue weighted by molar-refractivity contribution is 0.0938. The number of carbonyl (C=O) groups excluding carboxylic acids is 1. The van der Waals surface area contributed by atoms with Gasteiger partial charge in [0.1, 0.15) is 5.75 Å². The van der Waals surface area contributed by atoms with Gasteiger partial charge in [-0.25, -0.2) is 8.42 Å². The molecule has 1 aliphatic rings. The van der Waals surface area contributed by atoms with Crippen LogP contribution in [-0.2, 0) is 9.84 Å². The molecule has 0 saturated carbocycles. The number of amides is 1. The summed E-state index contributed by atoms with van der Waals surface area (Å²) in [5.74, 6) is -1.12. The van der Waals surface area contributed by atoms with Crippen LogP contribution in [0.2, 0.25) is 0 Å². The van der Waals surface area contributed by atoms with Gasteiger partial charge in [-0.15, -0.1) is 0 Å². The van der Waals surface area contributed by atoms with Crippen LogP contribution in [-0.4, -0.2) is 57.8 Å². The van der Waals surface area contributed by atoms with Crippen LogP contribution in [0.15, 0.2) is 17.0 Å². The third-order valence-electron chi connectivity index (χ3n) is 4.48. The quantitative estimate of drug-likeness (QED) is 0.700. The second kappa shape index (κ2) is 8.05. The Morgan fingerprint density at radius 3 is 2.80 bits per heavy atom. The Balaban J connectivity index is 2.44. The molecule has 3 N–H and O–H groups in total. The van der Waals surface area contributed by atoms with Gasteiger partial charge in [-0.1, -0.05) is 13.8 Å². The SMILES string of the molecule is [2H]c1c(N)c(S(=O)(=O)CC)c([2H])c(C(=O)NCC2CCCN2CC)c1OC. The van der Waals surface area contributed by atoms with Crippen molar-refractivity contribution in [3.8, 4) is 5.75 Å². The van der Waals surface area contributed by atoms with Crippen molar-refractivity contribution in [1.29, 1.82) is 0 Å². The molecule has 7 nitrogen and oxygen atoms in total. The molecule has 140 valence electrons. The number of nitrogens with one attached hydrogen (secondary N) is 1. The summed E-state index contributed by atoms with van der Waals surface area (Å²) in [7, 11) is -2.63. The zero-order chi connectivity index (χ0) is 20.4.